The first-order valence-corrected chi connectivity index (χ1v) is 7.19. The van der Waals surface area contributed by atoms with Gasteiger partial charge < -0.3 is 5.11 Å². The van der Waals surface area contributed by atoms with Crippen LogP contribution < -0.4 is 0 Å². The summed E-state index contributed by atoms with van der Waals surface area (Å²) in [5.74, 6) is 1.13. The van der Waals surface area contributed by atoms with E-state index in [1.54, 1.807) is 6.20 Å². The molecule has 1 aromatic heterocycles. The molecule has 3 nitrogen and oxygen atoms in total. The third kappa shape index (κ3) is 2.43. The topological polar surface area (TPSA) is 38.0 Å². The van der Waals surface area contributed by atoms with Crippen LogP contribution in [0.25, 0.3) is 0 Å². The lowest BCUT2D eigenvalue weighted by Crippen LogP contribution is -2.37. The van der Waals surface area contributed by atoms with Gasteiger partial charge in [0.15, 0.2) is 0 Å². The highest BCUT2D eigenvalue weighted by atomic mass is 79.9. The maximum Gasteiger partial charge on any atom is 0.108 e. The van der Waals surface area contributed by atoms with Gasteiger partial charge in [-0.15, -0.1) is 0 Å². The molecule has 1 fully saturated rings. The molecule has 0 bridgehead atoms. The Morgan fingerprint density at radius 1 is 1.47 bits per heavy atom. The van der Waals surface area contributed by atoms with E-state index in [1.165, 1.54) is 6.42 Å². The van der Waals surface area contributed by atoms with E-state index in [0.717, 1.165) is 29.6 Å². The molecule has 96 valence electrons. The fourth-order valence-corrected chi connectivity index (χ4v) is 4.01. The Kier molecular flexibility index (Phi) is 3.64. The molecule has 2 unspecified atom stereocenters. The molecule has 0 amide bonds. The maximum absolute atomic E-state index is 11.0. The van der Waals surface area contributed by atoms with Gasteiger partial charge in [0.1, 0.15) is 5.60 Å². The minimum absolute atomic E-state index is 0.566. The summed E-state index contributed by atoms with van der Waals surface area (Å²) in [4.78, 5) is 0. The first-order chi connectivity index (χ1) is 7.96. The number of halogens is 1. The largest absolute Gasteiger partial charge is 0.384 e. The second-order valence-corrected chi connectivity index (χ2v) is 6.40. The normalized spacial score (nSPS) is 33.9. The van der Waals surface area contributed by atoms with E-state index in [2.05, 4.69) is 41.8 Å². The van der Waals surface area contributed by atoms with Crippen molar-refractivity contribution in [2.45, 2.75) is 52.2 Å². The highest BCUT2D eigenvalue weighted by Crippen LogP contribution is 2.44. The molecule has 1 N–H and O–H groups in total. The van der Waals surface area contributed by atoms with Crippen molar-refractivity contribution in [1.29, 1.82) is 0 Å². The molecule has 0 aromatic carbocycles. The van der Waals surface area contributed by atoms with Gasteiger partial charge in [-0.3, -0.25) is 4.68 Å². The Bertz CT molecular complexity index is 392. The standard InChI is InChI=1S/C13H21BrN2O/c1-4-16-12(11(14)8-15-16)13(17)6-9(2)5-10(3)7-13/h8-10,17H,4-7H2,1-3H3. The maximum atomic E-state index is 11.0. The summed E-state index contributed by atoms with van der Waals surface area (Å²) in [6.45, 7) is 7.30. The summed E-state index contributed by atoms with van der Waals surface area (Å²) < 4.78 is 2.85. The number of rotatable bonds is 2. The lowest BCUT2D eigenvalue weighted by molar-refractivity contribution is -0.0436. The zero-order valence-electron chi connectivity index (χ0n) is 10.8. The SMILES string of the molecule is CCn1ncc(Br)c1C1(O)CC(C)CC(C)C1. The number of hydrogen-bond donors (Lipinski definition) is 1. The van der Waals surface area contributed by atoms with E-state index in [9.17, 15) is 5.11 Å². The molecule has 1 aliphatic rings. The van der Waals surface area contributed by atoms with Gasteiger partial charge in [-0.1, -0.05) is 13.8 Å². The van der Waals surface area contributed by atoms with Crippen LogP contribution in [-0.4, -0.2) is 14.9 Å². The van der Waals surface area contributed by atoms with Crippen molar-refractivity contribution < 1.29 is 5.11 Å². The van der Waals surface area contributed by atoms with E-state index < -0.39 is 5.60 Å². The van der Waals surface area contributed by atoms with Crippen LogP contribution in [-0.2, 0) is 12.1 Å². The molecule has 2 rings (SSSR count). The van der Waals surface area contributed by atoms with Gasteiger partial charge in [0.05, 0.1) is 16.4 Å². The molecule has 0 saturated heterocycles. The first-order valence-electron chi connectivity index (χ1n) is 6.40. The summed E-state index contributed by atoms with van der Waals surface area (Å²) in [6.07, 6.45) is 4.67. The molecule has 1 heterocycles. The predicted octanol–water partition coefficient (Wildman–Crippen LogP) is 3.31. The molecule has 1 aliphatic carbocycles. The van der Waals surface area contributed by atoms with Crippen LogP contribution in [0.15, 0.2) is 10.7 Å². The van der Waals surface area contributed by atoms with Crippen molar-refractivity contribution in [3.63, 3.8) is 0 Å². The molecule has 0 aliphatic heterocycles. The van der Waals surface area contributed by atoms with Crippen molar-refractivity contribution in [2.75, 3.05) is 0 Å². The lowest BCUT2D eigenvalue weighted by Gasteiger charge is -2.39. The van der Waals surface area contributed by atoms with Gasteiger partial charge in [0, 0.05) is 6.54 Å². The molecule has 0 spiro atoms. The van der Waals surface area contributed by atoms with Crippen molar-refractivity contribution >= 4 is 15.9 Å². The molecular weight excluding hydrogens is 280 g/mol. The van der Waals surface area contributed by atoms with Crippen LogP contribution in [0.1, 0.15) is 45.7 Å². The molecule has 17 heavy (non-hydrogen) atoms. The van der Waals surface area contributed by atoms with Crippen molar-refractivity contribution in [2.24, 2.45) is 11.8 Å². The van der Waals surface area contributed by atoms with Crippen molar-refractivity contribution in [3.8, 4) is 0 Å². The van der Waals surface area contributed by atoms with Gasteiger partial charge >= 0.3 is 0 Å². The van der Waals surface area contributed by atoms with Gasteiger partial charge in [-0.2, -0.15) is 5.10 Å². The first kappa shape index (κ1) is 13.1. The Labute approximate surface area is 111 Å². The number of aryl methyl sites for hydroxylation is 1. The minimum atomic E-state index is -0.720. The molecule has 0 radical (unpaired) electrons. The van der Waals surface area contributed by atoms with Gasteiger partial charge in [0.2, 0.25) is 0 Å². The van der Waals surface area contributed by atoms with Gasteiger partial charge in [-0.05, 0) is 54.0 Å². The van der Waals surface area contributed by atoms with E-state index in [0.29, 0.717) is 11.8 Å². The van der Waals surface area contributed by atoms with Crippen molar-refractivity contribution in [3.05, 3.63) is 16.4 Å². The second kappa shape index (κ2) is 4.73. The Balaban J connectivity index is 2.39. The van der Waals surface area contributed by atoms with E-state index in [1.807, 2.05) is 4.68 Å². The van der Waals surface area contributed by atoms with Crippen LogP contribution in [0.5, 0.6) is 0 Å². The van der Waals surface area contributed by atoms with Crippen LogP contribution in [0.2, 0.25) is 0 Å². The molecule has 1 saturated carbocycles. The number of nitrogens with zero attached hydrogens (tertiary/aromatic N) is 2. The third-order valence-electron chi connectivity index (χ3n) is 3.71. The summed E-state index contributed by atoms with van der Waals surface area (Å²) in [5.41, 5.74) is 0.237. The average Bonchev–Trinajstić information content (AvgIpc) is 2.57. The minimum Gasteiger partial charge on any atom is -0.384 e. The number of aromatic nitrogens is 2. The van der Waals surface area contributed by atoms with Gasteiger partial charge in [0.25, 0.3) is 0 Å². The summed E-state index contributed by atoms with van der Waals surface area (Å²) >= 11 is 3.53. The van der Waals surface area contributed by atoms with E-state index in [4.69, 9.17) is 0 Å². The number of hydrogen-bond acceptors (Lipinski definition) is 2. The third-order valence-corrected chi connectivity index (χ3v) is 4.29. The number of aliphatic hydroxyl groups is 1. The summed E-state index contributed by atoms with van der Waals surface area (Å²) in [7, 11) is 0. The quantitative estimate of drug-likeness (QED) is 0.910. The van der Waals surface area contributed by atoms with Crippen LogP contribution in [0.4, 0.5) is 0 Å². The molecule has 1 aromatic rings. The Morgan fingerprint density at radius 2 is 2.06 bits per heavy atom. The average molecular weight is 301 g/mol. The van der Waals surface area contributed by atoms with Gasteiger partial charge in [-0.25, -0.2) is 0 Å². The molecule has 2 atom stereocenters. The van der Waals surface area contributed by atoms with Crippen LogP contribution >= 0.6 is 15.9 Å². The lowest BCUT2D eigenvalue weighted by atomic mass is 9.72. The zero-order chi connectivity index (χ0) is 12.6. The highest BCUT2D eigenvalue weighted by molar-refractivity contribution is 9.10. The highest BCUT2D eigenvalue weighted by Gasteiger charge is 2.41. The fraction of sp³-hybridized carbons (Fsp3) is 0.769. The summed E-state index contributed by atoms with van der Waals surface area (Å²) in [6, 6.07) is 0. The second-order valence-electron chi connectivity index (χ2n) is 5.54. The predicted molar refractivity (Wildman–Crippen MR) is 71.7 cm³/mol. The Hall–Kier alpha value is -0.350. The molecule has 4 heteroatoms. The smallest absolute Gasteiger partial charge is 0.108 e. The monoisotopic (exact) mass is 300 g/mol. The fourth-order valence-electron chi connectivity index (χ4n) is 3.35. The zero-order valence-corrected chi connectivity index (χ0v) is 12.4. The molecular formula is C13H21BrN2O. The van der Waals surface area contributed by atoms with Crippen molar-refractivity contribution in [1.82, 2.24) is 9.78 Å². The van der Waals surface area contributed by atoms with E-state index in [-0.39, 0.29) is 0 Å². The van der Waals surface area contributed by atoms with Crippen LogP contribution in [0.3, 0.4) is 0 Å². The Morgan fingerprint density at radius 3 is 2.59 bits per heavy atom. The van der Waals surface area contributed by atoms with E-state index >= 15 is 0 Å². The summed E-state index contributed by atoms with van der Waals surface area (Å²) in [5, 5.41) is 15.3. The van der Waals surface area contributed by atoms with Crippen LogP contribution in [0, 0.1) is 11.8 Å².